The lowest BCUT2D eigenvalue weighted by atomic mass is 10.2. The van der Waals surface area contributed by atoms with Crippen LogP contribution in [0.2, 0.25) is 0 Å². The summed E-state index contributed by atoms with van der Waals surface area (Å²) >= 11 is 1.42. The highest BCUT2D eigenvalue weighted by atomic mass is 32.1. The molecule has 0 fully saturated rings. The van der Waals surface area contributed by atoms with Gasteiger partial charge in [-0.15, -0.1) is 11.3 Å². The first-order valence-electron chi connectivity index (χ1n) is 6.75. The molecular formula is C16H16N2O2S. The van der Waals surface area contributed by atoms with Crippen LogP contribution in [0.1, 0.15) is 22.4 Å². The molecule has 1 atom stereocenters. The van der Waals surface area contributed by atoms with E-state index in [9.17, 15) is 4.79 Å². The van der Waals surface area contributed by atoms with E-state index in [4.69, 9.17) is 10.2 Å². The number of furan rings is 1. The second-order valence-electron chi connectivity index (χ2n) is 5.00. The van der Waals surface area contributed by atoms with Gasteiger partial charge in [-0.3, -0.25) is 4.79 Å². The van der Waals surface area contributed by atoms with Crippen molar-refractivity contribution in [2.24, 2.45) is 0 Å². The molecule has 0 radical (unpaired) electrons. The van der Waals surface area contributed by atoms with Crippen molar-refractivity contribution < 1.29 is 9.21 Å². The largest absolute Gasteiger partial charge is 0.469 e. The number of nitrogens with two attached hydrogens (primary N) is 1. The highest BCUT2D eigenvalue weighted by molar-refractivity contribution is 7.21. The third-order valence-electron chi connectivity index (χ3n) is 3.31. The number of hydrogen-bond acceptors (Lipinski definition) is 4. The van der Waals surface area contributed by atoms with E-state index in [-0.39, 0.29) is 11.9 Å². The zero-order valence-electron chi connectivity index (χ0n) is 11.6. The molecule has 108 valence electrons. The number of carbonyl (C=O) groups excluding carboxylic acids is 1. The summed E-state index contributed by atoms with van der Waals surface area (Å²) < 4.78 is 6.32. The summed E-state index contributed by atoms with van der Waals surface area (Å²) in [5.41, 5.74) is 6.64. The fraction of sp³-hybridized carbons (Fsp3) is 0.188. The first-order chi connectivity index (χ1) is 10.1. The molecule has 0 aliphatic rings. The lowest BCUT2D eigenvalue weighted by Crippen LogP contribution is -2.33. The molecule has 0 aliphatic heterocycles. The number of carbonyl (C=O) groups is 1. The fourth-order valence-electron chi connectivity index (χ4n) is 2.30. The highest BCUT2D eigenvalue weighted by Gasteiger charge is 2.18. The summed E-state index contributed by atoms with van der Waals surface area (Å²) in [5.74, 6) is 0.722. The normalized spacial score (nSPS) is 12.4. The highest BCUT2D eigenvalue weighted by Crippen LogP contribution is 2.33. The molecule has 4 nitrogen and oxygen atoms in total. The Morgan fingerprint density at radius 2 is 2.14 bits per heavy atom. The first-order valence-corrected chi connectivity index (χ1v) is 7.57. The third-order valence-corrected chi connectivity index (χ3v) is 4.49. The Morgan fingerprint density at radius 3 is 2.86 bits per heavy atom. The minimum atomic E-state index is -0.132. The van der Waals surface area contributed by atoms with Crippen molar-refractivity contribution >= 4 is 33.0 Å². The number of fused-ring (bicyclic) bond motifs is 1. The topological polar surface area (TPSA) is 68.3 Å². The van der Waals surface area contributed by atoms with Gasteiger partial charge in [0.05, 0.1) is 12.0 Å². The molecule has 0 saturated carbocycles. The number of amides is 1. The Bertz CT molecular complexity index is 762. The zero-order chi connectivity index (χ0) is 14.8. The summed E-state index contributed by atoms with van der Waals surface area (Å²) in [5, 5.41) is 3.90. The summed E-state index contributed by atoms with van der Waals surface area (Å²) in [6, 6.07) is 11.5. The van der Waals surface area contributed by atoms with Crippen LogP contribution in [0.4, 0.5) is 5.69 Å². The van der Waals surface area contributed by atoms with Crippen molar-refractivity contribution in [1.29, 1.82) is 0 Å². The van der Waals surface area contributed by atoms with Crippen molar-refractivity contribution in [3.63, 3.8) is 0 Å². The van der Waals surface area contributed by atoms with Crippen molar-refractivity contribution in [2.45, 2.75) is 19.4 Å². The van der Waals surface area contributed by atoms with Gasteiger partial charge in [-0.25, -0.2) is 0 Å². The second kappa shape index (κ2) is 5.61. The number of thiophene rings is 1. The van der Waals surface area contributed by atoms with E-state index in [1.807, 2.05) is 43.3 Å². The SMILES string of the molecule is CC(Cc1ccco1)NC(=O)c1sc2ccccc2c1N. The molecule has 3 aromatic rings. The molecule has 1 amide bonds. The number of nitrogen functional groups attached to an aromatic ring is 1. The molecular weight excluding hydrogens is 284 g/mol. The third kappa shape index (κ3) is 2.78. The standard InChI is InChI=1S/C16H16N2O2S/c1-10(9-11-5-4-8-20-11)18-16(19)15-14(17)12-6-2-3-7-13(12)21-15/h2-8,10H,9,17H2,1H3,(H,18,19). The van der Waals surface area contributed by atoms with Gasteiger partial charge in [0.15, 0.2) is 0 Å². The molecule has 2 heterocycles. The predicted molar refractivity (Wildman–Crippen MR) is 85.6 cm³/mol. The average molecular weight is 300 g/mol. The van der Waals surface area contributed by atoms with Crippen molar-refractivity contribution in [2.75, 3.05) is 5.73 Å². The molecule has 0 aliphatic carbocycles. The quantitative estimate of drug-likeness (QED) is 0.775. The Morgan fingerprint density at radius 1 is 1.33 bits per heavy atom. The minimum absolute atomic E-state index is 0.0201. The monoisotopic (exact) mass is 300 g/mol. The maximum atomic E-state index is 12.4. The van der Waals surface area contributed by atoms with Gasteiger partial charge in [0, 0.05) is 22.5 Å². The molecule has 5 heteroatoms. The van der Waals surface area contributed by atoms with E-state index in [0.29, 0.717) is 17.0 Å². The van der Waals surface area contributed by atoms with Crippen molar-refractivity contribution in [3.8, 4) is 0 Å². The molecule has 1 unspecified atom stereocenters. The number of nitrogens with one attached hydrogen (secondary N) is 1. The van der Waals surface area contributed by atoms with Crippen LogP contribution in [0.25, 0.3) is 10.1 Å². The predicted octanol–water partition coefficient (Wildman–Crippen LogP) is 3.44. The maximum absolute atomic E-state index is 12.4. The lowest BCUT2D eigenvalue weighted by Gasteiger charge is -2.12. The van der Waals surface area contributed by atoms with Gasteiger partial charge in [-0.05, 0) is 25.1 Å². The molecule has 1 aromatic carbocycles. The van der Waals surface area contributed by atoms with Gasteiger partial charge in [-0.2, -0.15) is 0 Å². The van der Waals surface area contributed by atoms with Gasteiger partial charge in [-0.1, -0.05) is 18.2 Å². The molecule has 0 bridgehead atoms. The van der Waals surface area contributed by atoms with Crippen LogP contribution in [0, 0.1) is 0 Å². The van der Waals surface area contributed by atoms with E-state index in [1.165, 1.54) is 11.3 Å². The molecule has 0 saturated heterocycles. The van der Waals surface area contributed by atoms with E-state index < -0.39 is 0 Å². The minimum Gasteiger partial charge on any atom is -0.469 e. The van der Waals surface area contributed by atoms with Crippen LogP contribution in [-0.2, 0) is 6.42 Å². The molecule has 0 spiro atoms. The number of benzene rings is 1. The van der Waals surface area contributed by atoms with Gasteiger partial charge < -0.3 is 15.5 Å². The Balaban J connectivity index is 1.76. The Kier molecular flexibility index (Phi) is 3.66. The summed E-state index contributed by atoms with van der Waals surface area (Å²) in [7, 11) is 0. The molecule has 21 heavy (non-hydrogen) atoms. The van der Waals surface area contributed by atoms with Crippen LogP contribution in [0.3, 0.4) is 0 Å². The Hall–Kier alpha value is -2.27. The molecule has 3 rings (SSSR count). The fourth-order valence-corrected chi connectivity index (χ4v) is 3.33. The van der Waals surface area contributed by atoms with Crippen molar-refractivity contribution in [3.05, 3.63) is 53.3 Å². The summed E-state index contributed by atoms with van der Waals surface area (Å²) in [6.45, 7) is 1.95. The van der Waals surface area contributed by atoms with Crippen LogP contribution < -0.4 is 11.1 Å². The van der Waals surface area contributed by atoms with E-state index >= 15 is 0 Å². The van der Waals surface area contributed by atoms with Crippen LogP contribution >= 0.6 is 11.3 Å². The lowest BCUT2D eigenvalue weighted by molar-refractivity contribution is 0.0944. The zero-order valence-corrected chi connectivity index (χ0v) is 12.4. The average Bonchev–Trinajstić information content (AvgIpc) is 3.07. The number of hydrogen-bond donors (Lipinski definition) is 2. The van der Waals surface area contributed by atoms with E-state index in [0.717, 1.165) is 15.8 Å². The van der Waals surface area contributed by atoms with Gasteiger partial charge in [0.25, 0.3) is 5.91 Å². The van der Waals surface area contributed by atoms with Gasteiger partial charge >= 0.3 is 0 Å². The number of anilines is 1. The van der Waals surface area contributed by atoms with Crippen LogP contribution in [-0.4, -0.2) is 11.9 Å². The summed E-state index contributed by atoms with van der Waals surface area (Å²) in [4.78, 5) is 12.9. The van der Waals surface area contributed by atoms with Crippen LogP contribution in [0.15, 0.2) is 47.1 Å². The smallest absolute Gasteiger partial charge is 0.263 e. The van der Waals surface area contributed by atoms with Gasteiger partial charge in [0.2, 0.25) is 0 Å². The van der Waals surface area contributed by atoms with E-state index in [1.54, 1.807) is 6.26 Å². The maximum Gasteiger partial charge on any atom is 0.263 e. The summed E-state index contributed by atoms with van der Waals surface area (Å²) in [6.07, 6.45) is 2.29. The molecule has 3 N–H and O–H groups in total. The first kappa shape index (κ1) is 13.7. The van der Waals surface area contributed by atoms with Crippen molar-refractivity contribution in [1.82, 2.24) is 5.32 Å². The Labute approximate surface area is 126 Å². The van der Waals surface area contributed by atoms with E-state index in [2.05, 4.69) is 5.32 Å². The van der Waals surface area contributed by atoms with Crippen LogP contribution in [0.5, 0.6) is 0 Å². The van der Waals surface area contributed by atoms with Gasteiger partial charge in [0.1, 0.15) is 10.6 Å². The second-order valence-corrected chi connectivity index (χ2v) is 6.05. The number of rotatable bonds is 4. The molecule has 2 aromatic heterocycles.